The van der Waals surface area contributed by atoms with Crippen molar-refractivity contribution in [1.29, 1.82) is 0 Å². The Balaban J connectivity index is 2.49. The lowest BCUT2D eigenvalue weighted by atomic mass is 10.1. The maximum atomic E-state index is 11.6. The molecular weight excluding hydrogens is 216 g/mol. The molecule has 0 aliphatic heterocycles. The van der Waals surface area contributed by atoms with Crippen LogP contribution < -0.4 is 5.32 Å². The van der Waals surface area contributed by atoms with Gasteiger partial charge in [-0.25, -0.2) is 0 Å². The minimum atomic E-state index is 0.0844. The van der Waals surface area contributed by atoms with E-state index in [0.29, 0.717) is 18.9 Å². The number of hydrogen-bond donors (Lipinski definition) is 1. The van der Waals surface area contributed by atoms with Gasteiger partial charge in [-0.3, -0.25) is 9.69 Å². The number of likely N-dealkylation sites (N-methyl/N-ethyl adjacent to an activating group) is 1. The van der Waals surface area contributed by atoms with Crippen LogP contribution in [0.15, 0.2) is 22.8 Å². The molecule has 0 bridgehead atoms. The molecule has 0 aromatic carbocycles. The smallest absolute Gasteiger partial charge is 0.220 e. The summed E-state index contributed by atoms with van der Waals surface area (Å²) in [6.07, 6.45) is 2.22. The molecule has 1 aromatic rings. The topological polar surface area (TPSA) is 45.5 Å². The predicted molar refractivity (Wildman–Crippen MR) is 67.6 cm³/mol. The molecule has 96 valence electrons. The number of nitrogens with one attached hydrogen (secondary N) is 1. The van der Waals surface area contributed by atoms with E-state index in [1.165, 1.54) is 0 Å². The molecule has 1 aromatic heterocycles. The average molecular weight is 238 g/mol. The Morgan fingerprint density at radius 2 is 2.18 bits per heavy atom. The Morgan fingerprint density at radius 3 is 2.65 bits per heavy atom. The third-order valence-electron chi connectivity index (χ3n) is 2.58. The molecule has 17 heavy (non-hydrogen) atoms. The molecule has 0 radical (unpaired) electrons. The van der Waals surface area contributed by atoms with Gasteiger partial charge >= 0.3 is 0 Å². The van der Waals surface area contributed by atoms with E-state index in [0.717, 1.165) is 5.76 Å². The van der Waals surface area contributed by atoms with Crippen molar-refractivity contribution in [2.45, 2.75) is 26.3 Å². The summed E-state index contributed by atoms with van der Waals surface area (Å²) >= 11 is 0. The fourth-order valence-corrected chi connectivity index (χ4v) is 1.67. The van der Waals surface area contributed by atoms with Gasteiger partial charge in [-0.15, -0.1) is 0 Å². The Kier molecular flexibility index (Phi) is 5.22. The fourth-order valence-electron chi connectivity index (χ4n) is 1.67. The molecule has 0 fully saturated rings. The number of carbonyl (C=O) groups is 1. The second-order valence-corrected chi connectivity index (χ2v) is 4.90. The van der Waals surface area contributed by atoms with Gasteiger partial charge in [-0.05, 0) is 32.1 Å². The second-order valence-electron chi connectivity index (χ2n) is 4.90. The van der Waals surface area contributed by atoms with E-state index < -0.39 is 0 Å². The Morgan fingerprint density at radius 1 is 1.47 bits per heavy atom. The van der Waals surface area contributed by atoms with Crippen LogP contribution in [0.25, 0.3) is 0 Å². The number of rotatable bonds is 6. The Hall–Kier alpha value is -1.29. The van der Waals surface area contributed by atoms with Crippen LogP contribution >= 0.6 is 0 Å². The lowest BCUT2D eigenvalue weighted by Crippen LogP contribution is -2.34. The average Bonchev–Trinajstić information content (AvgIpc) is 2.69. The third kappa shape index (κ3) is 4.61. The summed E-state index contributed by atoms with van der Waals surface area (Å²) in [7, 11) is 3.95. The first-order valence-corrected chi connectivity index (χ1v) is 5.97. The molecule has 0 saturated heterocycles. The van der Waals surface area contributed by atoms with E-state index in [4.69, 9.17) is 4.42 Å². The van der Waals surface area contributed by atoms with Crippen molar-refractivity contribution >= 4 is 5.91 Å². The zero-order chi connectivity index (χ0) is 12.8. The number of carbonyl (C=O) groups excluding carboxylic acids is 1. The highest BCUT2D eigenvalue weighted by molar-refractivity contribution is 5.76. The molecule has 4 heteroatoms. The lowest BCUT2D eigenvalue weighted by molar-refractivity contribution is -0.122. The molecule has 0 saturated carbocycles. The van der Waals surface area contributed by atoms with Crippen molar-refractivity contribution < 1.29 is 9.21 Å². The summed E-state index contributed by atoms with van der Waals surface area (Å²) < 4.78 is 5.38. The summed E-state index contributed by atoms with van der Waals surface area (Å²) in [6.45, 7) is 4.65. The van der Waals surface area contributed by atoms with E-state index in [-0.39, 0.29) is 11.9 Å². The van der Waals surface area contributed by atoms with Crippen LogP contribution in [0.5, 0.6) is 0 Å². The van der Waals surface area contributed by atoms with Crippen LogP contribution in [-0.2, 0) is 4.79 Å². The summed E-state index contributed by atoms with van der Waals surface area (Å²) in [5.74, 6) is 1.36. The van der Waals surface area contributed by atoms with Crippen LogP contribution in [0.1, 0.15) is 32.1 Å². The minimum absolute atomic E-state index is 0.0844. The standard InChI is InChI=1S/C13H22N2O2/c1-10(2)8-13(16)14-9-11(15(3)4)12-6-5-7-17-12/h5-7,10-11H,8-9H2,1-4H3,(H,14,16). The zero-order valence-corrected chi connectivity index (χ0v) is 11.1. The molecule has 0 spiro atoms. The normalized spacial score (nSPS) is 13.1. The van der Waals surface area contributed by atoms with Crippen molar-refractivity contribution in [3.63, 3.8) is 0 Å². The first kappa shape index (κ1) is 13.8. The molecule has 1 unspecified atom stereocenters. The molecule has 0 aliphatic carbocycles. The monoisotopic (exact) mass is 238 g/mol. The van der Waals surface area contributed by atoms with Crippen molar-refractivity contribution in [2.75, 3.05) is 20.6 Å². The first-order chi connectivity index (χ1) is 8.00. The number of hydrogen-bond acceptors (Lipinski definition) is 3. The summed E-state index contributed by atoms with van der Waals surface area (Å²) in [5, 5.41) is 2.94. The second kappa shape index (κ2) is 6.45. The van der Waals surface area contributed by atoms with Gasteiger partial charge in [0, 0.05) is 13.0 Å². The summed E-state index contributed by atoms with van der Waals surface area (Å²) in [6, 6.07) is 3.88. The fraction of sp³-hybridized carbons (Fsp3) is 0.615. The summed E-state index contributed by atoms with van der Waals surface area (Å²) in [5.41, 5.74) is 0. The number of nitrogens with zero attached hydrogens (tertiary/aromatic N) is 1. The van der Waals surface area contributed by atoms with Crippen molar-refractivity contribution in [3.05, 3.63) is 24.2 Å². The van der Waals surface area contributed by atoms with Crippen LogP contribution in [0.3, 0.4) is 0 Å². The highest BCUT2D eigenvalue weighted by Crippen LogP contribution is 2.17. The highest BCUT2D eigenvalue weighted by atomic mass is 16.3. The third-order valence-corrected chi connectivity index (χ3v) is 2.58. The van der Waals surface area contributed by atoms with E-state index in [1.54, 1.807) is 6.26 Å². The molecule has 1 heterocycles. The molecule has 0 aliphatic rings. The van der Waals surface area contributed by atoms with Crippen LogP contribution in [0, 0.1) is 5.92 Å². The van der Waals surface area contributed by atoms with Gasteiger partial charge < -0.3 is 9.73 Å². The van der Waals surface area contributed by atoms with Gasteiger partial charge in [0.05, 0.1) is 12.3 Å². The lowest BCUT2D eigenvalue weighted by Gasteiger charge is -2.22. The van der Waals surface area contributed by atoms with E-state index in [2.05, 4.69) is 5.32 Å². The van der Waals surface area contributed by atoms with Crippen LogP contribution in [0.2, 0.25) is 0 Å². The Bertz CT molecular complexity index is 331. The molecule has 1 amide bonds. The minimum Gasteiger partial charge on any atom is -0.468 e. The number of amides is 1. The van der Waals surface area contributed by atoms with Gasteiger partial charge in [0.1, 0.15) is 5.76 Å². The van der Waals surface area contributed by atoms with Crippen molar-refractivity contribution in [3.8, 4) is 0 Å². The predicted octanol–water partition coefficient (Wildman–Crippen LogP) is 2.04. The maximum Gasteiger partial charge on any atom is 0.220 e. The van der Waals surface area contributed by atoms with E-state index in [1.807, 2.05) is 45.0 Å². The summed E-state index contributed by atoms with van der Waals surface area (Å²) in [4.78, 5) is 13.6. The Labute approximate surface area is 103 Å². The first-order valence-electron chi connectivity index (χ1n) is 5.97. The van der Waals surface area contributed by atoms with Crippen molar-refractivity contribution in [2.24, 2.45) is 5.92 Å². The number of furan rings is 1. The van der Waals surface area contributed by atoms with Gasteiger partial charge in [0.25, 0.3) is 0 Å². The maximum absolute atomic E-state index is 11.6. The van der Waals surface area contributed by atoms with Crippen LogP contribution in [-0.4, -0.2) is 31.4 Å². The van der Waals surface area contributed by atoms with Crippen LogP contribution in [0.4, 0.5) is 0 Å². The largest absolute Gasteiger partial charge is 0.468 e. The van der Waals surface area contributed by atoms with Crippen molar-refractivity contribution in [1.82, 2.24) is 10.2 Å². The molecule has 1 atom stereocenters. The highest BCUT2D eigenvalue weighted by Gasteiger charge is 2.17. The van der Waals surface area contributed by atoms with E-state index >= 15 is 0 Å². The molecule has 1 rings (SSSR count). The quantitative estimate of drug-likeness (QED) is 0.825. The molecule has 1 N–H and O–H groups in total. The van der Waals surface area contributed by atoms with E-state index in [9.17, 15) is 4.79 Å². The zero-order valence-electron chi connectivity index (χ0n) is 11.1. The van der Waals surface area contributed by atoms with Gasteiger partial charge in [-0.2, -0.15) is 0 Å². The van der Waals surface area contributed by atoms with Gasteiger partial charge in [0.2, 0.25) is 5.91 Å². The van der Waals surface area contributed by atoms with Gasteiger partial charge in [-0.1, -0.05) is 13.8 Å². The van der Waals surface area contributed by atoms with Gasteiger partial charge in [0.15, 0.2) is 0 Å². The molecular formula is C13H22N2O2. The molecule has 4 nitrogen and oxygen atoms in total. The SMILES string of the molecule is CC(C)CC(=O)NCC(c1ccco1)N(C)C.